The van der Waals surface area contributed by atoms with Gasteiger partial charge in [-0.3, -0.25) is 19.4 Å². The molecule has 1 aliphatic heterocycles. The van der Waals surface area contributed by atoms with Crippen LogP contribution in [0.15, 0.2) is 41.7 Å². The van der Waals surface area contributed by atoms with Gasteiger partial charge in [-0.05, 0) is 31.0 Å². The predicted molar refractivity (Wildman–Crippen MR) is 110 cm³/mol. The van der Waals surface area contributed by atoms with Gasteiger partial charge in [-0.15, -0.1) is 11.8 Å². The summed E-state index contributed by atoms with van der Waals surface area (Å²) in [4.78, 5) is 25.0. The number of carbonyl (C=O) groups excluding carboxylic acids is 1. The molecular formula is C20H25N3O3S. The lowest BCUT2D eigenvalue weighted by Gasteiger charge is -2.17. The van der Waals surface area contributed by atoms with Gasteiger partial charge < -0.3 is 10.1 Å². The van der Waals surface area contributed by atoms with Gasteiger partial charge in [0, 0.05) is 6.04 Å². The number of carbonyl (C=O) groups is 1. The zero-order valence-corrected chi connectivity index (χ0v) is 16.5. The second kappa shape index (κ2) is 8.52. The van der Waals surface area contributed by atoms with Crippen LogP contribution in [0.25, 0.3) is 0 Å². The molecule has 0 fully saturated rings. The van der Waals surface area contributed by atoms with Gasteiger partial charge in [-0.25, -0.2) is 0 Å². The van der Waals surface area contributed by atoms with Crippen LogP contribution in [0.3, 0.4) is 0 Å². The van der Waals surface area contributed by atoms with E-state index in [0.29, 0.717) is 23.7 Å². The molecule has 2 N–H and O–H groups in total. The molecule has 3 rings (SSSR count). The van der Waals surface area contributed by atoms with Gasteiger partial charge in [0.05, 0.1) is 16.6 Å². The first-order valence-electron chi connectivity index (χ1n) is 9.14. The fourth-order valence-electron chi connectivity index (χ4n) is 3.28. The van der Waals surface area contributed by atoms with Crippen molar-refractivity contribution in [3.63, 3.8) is 0 Å². The Balaban J connectivity index is 2.00. The van der Waals surface area contributed by atoms with Crippen molar-refractivity contribution in [1.82, 2.24) is 9.78 Å². The van der Waals surface area contributed by atoms with Crippen LogP contribution in [0.1, 0.15) is 49.1 Å². The van der Waals surface area contributed by atoms with Crippen LogP contribution >= 0.6 is 11.8 Å². The number of nitrogens with one attached hydrogen (secondary N) is 2. The number of thioether (sulfide) groups is 1. The van der Waals surface area contributed by atoms with Crippen LogP contribution in [0.5, 0.6) is 5.75 Å². The second-order valence-electron chi connectivity index (χ2n) is 6.62. The molecule has 7 heteroatoms. The number of ether oxygens (including phenoxy) is 1. The summed E-state index contributed by atoms with van der Waals surface area (Å²) < 4.78 is 7.34. The van der Waals surface area contributed by atoms with Crippen molar-refractivity contribution in [1.29, 1.82) is 0 Å². The van der Waals surface area contributed by atoms with Crippen molar-refractivity contribution in [2.24, 2.45) is 0 Å². The average molecular weight is 388 g/mol. The molecule has 0 saturated carbocycles. The van der Waals surface area contributed by atoms with E-state index in [0.717, 1.165) is 24.2 Å². The maximum atomic E-state index is 12.8. The van der Waals surface area contributed by atoms with Crippen LogP contribution in [0, 0.1) is 0 Å². The molecule has 27 heavy (non-hydrogen) atoms. The summed E-state index contributed by atoms with van der Waals surface area (Å²) in [7, 11) is 0. The lowest BCUT2D eigenvalue weighted by Crippen LogP contribution is -2.18. The van der Waals surface area contributed by atoms with E-state index < -0.39 is 0 Å². The van der Waals surface area contributed by atoms with Crippen molar-refractivity contribution in [3.8, 4) is 5.75 Å². The Hall–Kier alpha value is -2.41. The van der Waals surface area contributed by atoms with E-state index in [9.17, 15) is 9.59 Å². The SMILES string of the molecule is C=CCOc1ccc([C@H]2SCC(=O)Nc3c2c(=O)[nH]n3[C@@H](C)CCC)cc1. The molecule has 0 radical (unpaired) electrons. The fraction of sp³-hybridized carbons (Fsp3) is 0.400. The Morgan fingerprint density at radius 1 is 1.37 bits per heavy atom. The molecule has 2 aromatic rings. The van der Waals surface area contributed by atoms with Gasteiger partial charge in [-0.1, -0.05) is 38.1 Å². The average Bonchev–Trinajstić information content (AvgIpc) is 2.87. The van der Waals surface area contributed by atoms with Crippen molar-refractivity contribution in [2.75, 3.05) is 17.7 Å². The van der Waals surface area contributed by atoms with E-state index in [-0.39, 0.29) is 22.8 Å². The summed E-state index contributed by atoms with van der Waals surface area (Å²) in [5.41, 5.74) is 1.42. The molecule has 1 aromatic carbocycles. The molecule has 2 atom stereocenters. The number of rotatable bonds is 7. The standard InChI is InChI=1S/C20H25N3O3S/c1-4-6-13(3)23-19-17(20(25)22-23)18(27-12-16(24)21-19)14-7-9-15(10-8-14)26-11-5-2/h5,7-10,13,18H,2,4,6,11-12H2,1,3H3,(H,21,24)(H,22,25)/t13-,18+/m0/s1. The third-order valence-corrected chi connectivity index (χ3v) is 5.83. The second-order valence-corrected chi connectivity index (χ2v) is 7.71. The van der Waals surface area contributed by atoms with E-state index >= 15 is 0 Å². The number of nitrogens with zero attached hydrogens (tertiary/aromatic N) is 1. The first kappa shape index (κ1) is 19.4. The monoisotopic (exact) mass is 387 g/mol. The Bertz CT molecular complexity index is 870. The van der Waals surface area contributed by atoms with E-state index in [4.69, 9.17) is 4.74 Å². The Morgan fingerprint density at radius 3 is 2.78 bits per heavy atom. The maximum absolute atomic E-state index is 12.8. The maximum Gasteiger partial charge on any atom is 0.270 e. The van der Waals surface area contributed by atoms with Crippen LogP contribution < -0.4 is 15.6 Å². The van der Waals surface area contributed by atoms with Gasteiger partial charge in [0.25, 0.3) is 5.56 Å². The highest BCUT2D eigenvalue weighted by atomic mass is 32.2. The van der Waals surface area contributed by atoms with Crippen molar-refractivity contribution in [2.45, 2.75) is 38.0 Å². The summed E-state index contributed by atoms with van der Waals surface area (Å²) in [6.45, 7) is 8.23. The molecule has 1 aliphatic rings. The minimum atomic E-state index is -0.216. The van der Waals surface area contributed by atoms with E-state index in [1.54, 1.807) is 10.8 Å². The Morgan fingerprint density at radius 2 is 2.11 bits per heavy atom. The summed E-state index contributed by atoms with van der Waals surface area (Å²) in [6, 6.07) is 7.75. The zero-order valence-electron chi connectivity index (χ0n) is 15.7. The van der Waals surface area contributed by atoms with Gasteiger partial charge in [0.1, 0.15) is 18.2 Å². The smallest absolute Gasteiger partial charge is 0.270 e. The topological polar surface area (TPSA) is 76.1 Å². The van der Waals surface area contributed by atoms with Crippen LogP contribution in [0.4, 0.5) is 5.82 Å². The molecule has 1 aromatic heterocycles. The summed E-state index contributed by atoms with van der Waals surface area (Å²) in [6.07, 6.45) is 3.60. The first-order chi connectivity index (χ1) is 13.0. The number of fused-ring (bicyclic) bond motifs is 1. The van der Waals surface area contributed by atoms with Crippen LogP contribution in [0.2, 0.25) is 0 Å². The zero-order chi connectivity index (χ0) is 19.4. The minimum Gasteiger partial charge on any atom is -0.490 e. The number of hydrogen-bond donors (Lipinski definition) is 2. The number of H-pyrrole nitrogens is 1. The first-order valence-corrected chi connectivity index (χ1v) is 10.2. The summed E-state index contributed by atoms with van der Waals surface area (Å²) >= 11 is 1.46. The largest absolute Gasteiger partial charge is 0.490 e. The van der Waals surface area contributed by atoms with Crippen molar-refractivity contribution in [3.05, 3.63) is 58.4 Å². The highest BCUT2D eigenvalue weighted by Crippen LogP contribution is 2.40. The number of benzene rings is 1. The Labute approximate surface area is 163 Å². The molecule has 2 heterocycles. The number of anilines is 1. The lowest BCUT2D eigenvalue weighted by molar-refractivity contribution is -0.113. The number of hydrogen-bond acceptors (Lipinski definition) is 4. The van der Waals surface area contributed by atoms with E-state index in [1.807, 2.05) is 31.2 Å². The molecule has 1 amide bonds. The molecule has 0 unspecified atom stereocenters. The predicted octanol–water partition coefficient (Wildman–Crippen LogP) is 3.88. The summed E-state index contributed by atoms with van der Waals surface area (Å²) in [5.74, 6) is 1.55. The molecule has 0 bridgehead atoms. The third-order valence-electron chi connectivity index (χ3n) is 4.56. The molecule has 6 nitrogen and oxygen atoms in total. The highest BCUT2D eigenvalue weighted by molar-refractivity contribution is 8.00. The molecule has 0 spiro atoms. The van der Waals surface area contributed by atoms with Crippen molar-refractivity contribution >= 4 is 23.5 Å². The van der Waals surface area contributed by atoms with Crippen LogP contribution in [-0.2, 0) is 4.79 Å². The molecule has 0 aliphatic carbocycles. The fourth-order valence-corrected chi connectivity index (χ4v) is 4.40. The third kappa shape index (κ3) is 4.13. The van der Waals surface area contributed by atoms with Gasteiger partial charge >= 0.3 is 0 Å². The van der Waals surface area contributed by atoms with Gasteiger partial charge in [0.15, 0.2) is 0 Å². The molecule has 144 valence electrons. The number of amides is 1. The quantitative estimate of drug-likeness (QED) is 0.707. The normalized spacial score (nSPS) is 17.6. The highest BCUT2D eigenvalue weighted by Gasteiger charge is 2.31. The Kier molecular flexibility index (Phi) is 6.11. The van der Waals surface area contributed by atoms with Crippen molar-refractivity contribution < 1.29 is 9.53 Å². The van der Waals surface area contributed by atoms with Gasteiger partial charge in [-0.2, -0.15) is 0 Å². The van der Waals surface area contributed by atoms with E-state index in [1.165, 1.54) is 11.8 Å². The summed E-state index contributed by atoms with van der Waals surface area (Å²) in [5, 5.41) is 5.63. The number of aromatic amines is 1. The number of aromatic nitrogens is 2. The molecular weight excluding hydrogens is 362 g/mol. The van der Waals surface area contributed by atoms with Gasteiger partial charge in [0.2, 0.25) is 5.91 Å². The van der Waals surface area contributed by atoms with E-state index in [2.05, 4.69) is 23.9 Å². The van der Waals surface area contributed by atoms with Crippen LogP contribution in [-0.4, -0.2) is 28.0 Å². The minimum absolute atomic E-state index is 0.0915. The molecule has 0 saturated heterocycles. The lowest BCUT2D eigenvalue weighted by atomic mass is 10.1.